The lowest BCUT2D eigenvalue weighted by molar-refractivity contribution is 0.143. The number of para-hydroxylation sites is 2. The van der Waals surface area contributed by atoms with E-state index in [-0.39, 0.29) is 6.03 Å². The molecular weight excluding hydrogens is 304 g/mol. The summed E-state index contributed by atoms with van der Waals surface area (Å²) in [5.74, 6) is 0.511. The molecule has 2 amide bonds. The Morgan fingerprint density at radius 2 is 1.92 bits per heavy atom. The van der Waals surface area contributed by atoms with Crippen LogP contribution in [0.4, 0.5) is 10.5 Å². The molecule has 1 heterocycles. The van der Waals surface area contributed by atoms with Crippen molar-refractivity contribution in [3.05, 3.63) is 65.9 Å². The normalized spacial score (nSPS) is 12.1. The lowest BCUT2D eigenvalue weighted by Crippen LogP contribution is -2.30. The van der Waals surface area contributed by atoms with Gasteiger partial charge in [-0.3, -0.25) is 0 Å². The summed E-state index contributed by atoms with van der Waals surface area (Å²) in [5, 5.41) is 16.7. The fourth-order valence-corrected chi connectivity index (χ4v) is 2.51. The molecule has 0 bridgehead atoms. The quantitative estimate of drug-likeness (QED) is 0.664. The third kappa shape index (κ3) is 3.75. The van der Waals surface area contributed by atoms with Crippen LogP contribution in [0.1, 0.15) is 23.8 Å². The lowest BCUT2D eigenvalue weighted by Gasteiger charge is -2.11. The second kappa shape index (κ2) is 7.19. The number of rotatable bonds is 5. The van der Waals surface area contributed by atoms with Crippen molar-refractivity contribution in [2.45, 2.75) is 19.4 Å². The SMILES string of the molecule is Cc1ccccc1NC(=O)NCC[C@H](O)c1cc2ccccc2o1. The number of furan rings is 1. The zero-order valence-electron chi connectivity index (χ0n) is 13.5. The van der Waals surface area contributed by atoms with Gasteiger partial charge in [0, 0.05) is 17.6 Å². The number of hydrogen-bond donors (Lipinski definition) is 3. The maximum atomic E-state index is 11.9. The smallest absolute Gasteiger partial charge is 0.319 e. The molecule has 3 aromatic rings. The summed E-state index contributed by atoms with van der Waals surface area (Å²) in [6.45, 7) is 2.27. The van der Waals surface area contributed by atoms with E-state index in [4.69, 9.17) is 4.42 Å². The molecular formula is C19H20N2O3. The van der Waals surface area contributed by atoms with E-state index in [1.165, 1.54) is 0 Å². The van der Waals surface area contributed by atoms with Crippen molar-refractivity contribution in [2.75, 3.05) is 11.9 Å². The number of benzene rings is 2. The van der Waals surface area contributed by atoms with Crippen molar-refractivity contribution in [3.63, 3.8) is 0 Å². The van der Waals surface area contributed by atoms with Gasteiger partial charge in [0.15, 0.2) is 0 Å². The molecule has 0 spiro atoms. The summed E-state index contributed by atoms with van der Waals surface area (Å²) >= 11 is 0. The number of carbonyl (C=O) groups is 1. The topological polar surface area (TPSA) is 74.5 Å². The van der Waals surface area contributed by atoms with E-state index in [1.807, 2.05) is 61.5 Å². The number of fused-ring (bicyclic) bond motifs is 1. The number of anilines is 1. The predicted molar refractivity (Wildman–Crippen MR) is 94.0 cm³/mol. The van der Waals surface area contributed by atoms with Gasteiger partial charge in [-0.2, -0.15) is 0 Å². The largest absolute Gasteiger partial charge is 0.458 e. The Morgan fingerprint density at radius 1 is 1.17 bits per heavy atom. The molecule has 5 heteroatoms. The summed E-state index contributed by atoms with van der Waals surface area (Å²) in [7, 11) is 0. The first-order valence-corrected chi connectivity index (χ1v) is 7.90. The van der Waals surface area contributed by atoms with Crippen molar-refractivity contribution in [1.82, 2.24) is 5.32 Å². The Bertz CT molecular complexity index is 808. The number of hydrogen-bond acceptors (Lipinski definition) is 3. The Morgan fingerprint density at radius 3 is 2.71 bits per heavy atom. The molecule has 24 heavy (non-hydrogen) atoms. The van der Waals surface area contributed by atoms with E-state index in [0.717, 1.165) is 22.2 Å². The molecule has 2 aromatic carbocycles. The number of aliphatic hydroxyl groups excluding tert-OH is 1. The van der Waals surface area contributed by atoms with Crippen LogP contribution in [-0.2, 0) is 0 Å². The average Bonchev–Trinajstić information content (AvgIpc) is 3.01. The summed E-state index contributed by atoms with van der Waals surface area (Å²) in [6, 6.07) is 16.7. The van der Waals surface area contributed by atoms with Gasteiger partial charge in [0.25, 0.3) is 0 Å². The van der Waals surface area contributed by atoms with Crippen LogP contribution in [0.2, 0.25) is 0 Å². The van der Waals surface area contributed by atoms with Crippen molar-refractivity contribution in [2.24, 2.45) is 0 Å². The molecule has 0 saturated heterocycles. The summed E-state index contributed by atoms with van der Waals surface area (Å²) in [6.07, 6.45) is -0.378. The molecule has 5 nitrogen and oxygen atoms in total. The first-order chi connectivity index (χ1) is 11.6. The molecule has 1 aromatic heterocycles. The highest BCUT2D eigenvalue weighted by Gasteiger charge is 2.13. The highest BCUT2D eigenvalue weighted by molar-refractivity contribution is 5.90. The Labute approximate surface area is 140 Å². The number of nitrogens with one attached hydrogen (secondary N) is 2. The number of urea groups is 1. The maximum absolute atomic E-state index is 11.9. The summed E-state index contributed by atoms with van der Waals surface area (Å²) in [5.41, 5.74) is 2.51. The van der Waals surface area contributed by atoms with Gasteiger partial charge in [-0.25, -0.2) is 4.79 Å². The highest BCUT2D eigenvalue weighted by Crippen LogP contribution is 2.25. The first kappa shape index (κ1) is 16.1. The monoisotopic (exact) mass is 324 g/mol. The van der Waals surface area contributed by atoms with E-state index in [9.17, 15) is 9.90 Å². The zero-order chi connectivity index (χ0) is 16.9. The molecule has 0 saturated carbocycles. The highest BCUT2D eigenvalue weighted by atomic mass is 16.4. The van der Waals surface area contributed by atoms with Crippen molar-refractivity contribution >= 4 is 22.7 Å². The Kier molecular flexibility index (Phi) is 4.82. The van der Waals surface area contributed by atoms with E-state index in [1.54, 1.807) is 0 Å². The fraction of sp³-hybridized carbons (Fsp3) is 0.211. The number of aliphatic hydroxyl groups is 1. The summed E-state index contributed by atoms with van der Waals surface area (Å²) in [4.78, 5) is 11.9. The van der Waals surface area contributed by atoms with E-state index >= 15 is 0 Å². The molecule has 0 aliphatic heterocycles. The predicted octanol–water partition coefficient (Wildman–Crippen LogP) is 3.99. The number of amides is 2. The van der Waals surface area contributed by atoms with Crippen LogP contribution in [0, 0.1) is 6.92 Å². The molecule has 0 unspecified atom stereocenters. The third-order valence-corrected chi connectivity index (χ3v) is 3.87. The minimum atomic E-state index is -0.754. The molecule has 1 atom stereocenters. The number of carbonyl (C=O) groups excluding carboxylic acids is 1. The molecule has 124 valence electrons. The van der Waals surface area contributed by atoms with Crippen molar-refractivity contribution in [3.8, 4) is 0 Å². The van der Waals surface area contributed by atoms with E-state index in [2.05, 4.69) is 10.6 Å². The van der Waals surface area contributed by atoms with Gasteiger partial charge < -0.3 is 20.2 Å². The Hall–Kier alpha value is -2.79. The molecule has 3 N–H and O–H groups in total. The van der Waals surface area contributed by atoms with Gasteiger partial charge in [-0.05, 0) is 37.1 Å². The standard InChI is InChI=1S/C19H20N2O3/c1-13-6-2-4-8-15(13)21-19(23)20-11-10-16(22)18-12-14-7-3-5-9-17(14)24-18/h2-9,12,16,22H,10-11H2,1H3,(H2,20,21,23)/t16-/m0/s1. The van der Waals surface area contributed by atoms with Crippen LogP contribution in [0.3, 0.4) is 0 Å². The van der Waals surface area contributed by atoms with E-state index in [0.29, 0.717) is 18.7 Å². The molecule has 0 fully saturated rings. The second-order valence-corrected chi connectivity index (χ2v) is 5.69. The van der Waals surface area contributed by atoms with Gasteiger partial charge in [-0.15, -0.1) is 0 Å². The molecule has 0 aliphatic rings. The average molecular weight is 324 g/mol. The maximum Gasteiger partial charge on any atom is 0.319 e. The van der Waals surface area contributed by atoms with Gasteiger partial charge in [0.2, 0.25) is 0 Å². The summed E-state index contributed by atoms with van der Waals surface area (Å²) < 4.78 is 5.62. The first-order valence-electron chi connectivity index (χ1n) is 7.90. The van der Waals surface area contributed by atoms with Gasteiger partial charge in [0.05, 0.1) is 0 Å². The third-order valence-electron chi connectivity index (χ3n) is 3.87. The molecule has 0 aliphatic carbocycles. The van der Waals surface area contributed by atoms with E-state index < -0.39 is 6.10 Å². The van der Waals surface area contributed by atoms with Crippen LogP contribution in [0.15, 0.2) is 59.0 Å². The zero-order valence-corrected chi connectivity index (χ0v) is 13.5. The molecule has 0 radical (unpaired) electrons. The minimum Gasteiger partial charge on any atom is -0.458 e. The number of aryl methyl sites for hydroxylation is 1. The van der Waals surface area contributed by atoms with Gasteiger partial charge in [-0.1, -0.05) is 36.4 Å². The van der Waals surface area contributed by atoms with Crippen LogP contribution < -0.4 is 10.6 Å². The van der Waals surface area contributed by atoms with Crippen LogP contribution >= 0.6 is 0 Å². The van der Waals surface area contributed by atoms with Crippen molar-refractivity contribution < 1.29 is 14.3 Å². The van der Waals surface area contributed by atoms with Gasteiger partial charge in [0.1, 0.15) is 17.4 Å². The van der Waals surface area contributed by atoms with Gasteiger partial charge >= 0.3 is 6.03 Å². The van der Waals surface area contributed by atoms with Crippen LogP contribution in [0.25, 0.3) is 11.0 Å². The van der Waals surface area contributed by atoms with Crippen LogP contribution in [-0.4, -0.2) is 17.7 Å². The second-order valence-electron chi connectivity index (χ2n) is 5.69. The minimum absolute atomic E-state index is 0.291. The van der Waals surface area contributed by atoms with Crippen LogP contribution in [0.5, 0.6) is 0 Å². The molecule has 3 rings (SSSR count). The van der Waals surface area contributed by atoms with Crippen molar-refractivity contribution in [1.29, 1.82) is 0 Å². The lowest BCUT2D eigenvalue weighted by atomic mass is 10.2. The Balaban J connectivity index is 1.50. The fourth-order valence-electron chi connectivity index (χ4n) is 2.51.